The zero-order chi connectivity index (χ0) is 23.2. The fourth-order valence-corrected chi connectivity index (χ4v) is 4.16. The first-order valence-electron chi connectivity index (χ1n) is 11.4. The molecular weight excluding hydrogens is 396 g/mol. The minimum Gasteiger partial charge on any atom is -0.0911 e. The van der Waals surface area contributed by atoms with E-state index in [-0.39, 0.29) is 0 Å². The molecule has 0 heterocycles. The van der Waals surface area contributed by atoms with E-state index in [0.29, 0.717) is 0 Å². The van der Waals surface area contributed by atoms with Crippen LogP contribution in [0.3, 0.4) is 0 Å². The van der Waals surface area contributed by atoms with Crippen LogP contribution in [0, 0.1) is 6.92 Å². The highest BCUT2D eigenvalue weighted by atomic mass is 14.2. The lowest BCUT2D eigenvalue weighted by Gasteiger charge is -2.17. The lowest BCUT2D eigenvalue weighted by atomic mass is 9.88. The average molecular weight is 427 g/mol. The molecule has 0 amide bonds. The third-order valence-corrected chi connectivity index (χ3v) is 6.27. The topological polar surface area (TPSA) is 0 Å². The van der Waals surface area contributed by atoms with Crippen molar-refractivity contribution in [1.29, 1.82) is 0 Å². The highest BCUT2D eigenvalue weighted by molar-refractivity contribution is 5.95. The smallest absolute Gasteiger partial charge is 0.0143 e. The van der Waals surface area contributed by atoms with Crippen LogP contribution in [-0.4, -0.2) is 0 Å². The molecule has 4 aromatic carbocycles. The van der Waals surface area contributed by atoms with Crippen molar-refractivity contribution in [3.63, 3.8) is 0 Å². The van der Waals surface area contributed by atoms with Crippen LogP contribution in [-0.2, 0) is 0 Å². The summed E-state index contributed by atoms with van der Waals surface area (Å²) in [6.07, 6.45) is 2.24. The predicted octanol–water partition coefficient (Wildman–Crippen LogP) is 9.25. The molecule has 0 spiro atoms. The molecule has 0 nitrogen and oxygen atoms in total. The summed E-state index contributed by atoms with van der Waals surface area (Å²) in [7, 11) is 0. The minimum atomic E-state index is 1.01. The zero-order valence-electron chi connectivity index (χ0n) is 19.7. The van der Waals surface area contributed by atoms with E-state index in [2.05, 4.69) is 137 Å². The standard InChI is InChI=1S/C33H30/c1-24-14-11-12-21-32(24)33(27(4)26(3)28-15-7-5-8-16-28)22-25(2)30-19-13-20-31(23-30)29-17-9-6-10-18-29/h5-23H,2H2,1,3-4H3/b27-26+,33-22+. The lowest BCUT2D eigenvalue weighted by Crippen LogP contribution is -1.95. The van der Waals surface area contributed by atoms with Gasteiger partial charge in [0.05, 0.1) is 0 Å². The fourth-order valence-electron chi connectivity index (χ4n) is 4.16. The molecule has 0 unspecified atom stereocenters. The number of hydrogen-bond donors (Lipinski definition) is 0. The molecule has 162 valence electrons. The van der Waals surface area contributed by atoms with Crippen LogP contribution < -0.4 is 0 Å². The Morgan fingerprint density at radius 3 is 1.91 bits per heavy atom. The van der Waals surface area contributed by atoms with Crippen LogP contribution in [0.5, 0.6) is 0 Å². The Bertz CT molecular complexity index is 1320. The van der Waals surface area contributed by atoms with Gasteiger partial charge in [0, 0.05) is 0 Å². The molecule has 0 saturated carbocycles. The fraction of sp³-hybridized carbons (Fsp3) is 0.0909. The van der Waals surface area contributed by atoms with Crippen molar-refractivity contribution in [3.8, 4) is 11.1 Å². The number of hydrogen-bond acceptors (Lipinski definition) is 0. The van der Waals surface area contributed by atoms with E-state index in [4.69, 9.17) is 0 Å². The normalized spacial score (nSPS) is 12.3. The van der Waals surface area contributed by atoms with E-state index >= 15 is 0 Å². The Labute approximate surface area is 198 Å². The van der Waals surface area contributed by atoms with E-state index in [1.807, 2.05) is 6.07 Å². The van der Waals surface area contributed by atoms with Crippen molar-refractivity contribution in [2.24, 2.45) is 0 Å². The number of rotatable bonds is 6. The molecule has 0 atom stereocenters. The molecule has 33 heavy (non-hydrogen) atoms. The molecule has 0 heteroatoms. The lowest BCUT2D eigenvalue weighted by molar-refractivity contribution is 1.38. The van der Waals surface area contributed by atoms with Crippen molar-refractivity contribution in [2.45, 2.75) is 20.8 Å². The van der Waals surface area contributed by atoms with Crippen molar-refractivity contribution in [2.75, 3.05) is 0 Å². The first kappa shape index (κ1) is 22.3. The predicted molar refractivity (Wildman–Crippen MR) is 145 cm³/mol. The summed E-state index contributed by atoms with van der Waals surface area (Å²) >= 11 is 0. The van der Waals surface area contributed by atoms with Gasteiger partial charge in [-0.2, -0.15) is 0 Å². The molecule has 4 rings (SSSR count). The van der Waals surface area contributed by atoms with Gasteiger partial charge in [0.25, 0.3) is 0 Å². The van der Waals surface area contributed by atoms with Crippen LogP contribution in [0.4, 0.5) is 0 Å². The molecular formula is C33H30. The van der Waals surface area contributed by atoms with Gasteiger partial charge in [-0.1, -0.05) is 110 Å². The van der Waals surface area contributed by atoms with E-state index < -0.39 is 0 Å². The summed E-state index contributed by atoms with van der Waals surface area (Å²) < 4.78 is 0. The Hall–Kier alpha value is -3.90. The van der Waals surface area contributed by atoms with Crippen molar-refractivity contribution >= 4 is 16.7 Å². The minimum absolute atomic E-state index is 1.01. The molecule has 0 aromatic heterocycles. The van der Waals surface area contributed by atoms with Gasteiger partial charge in [-0.15, -0.1) is 0 Å². The van der Waals surface area contributed by atoms with Gasteiger partial charge < -0.3 is 0 Å². The Morgan fingerprint density at radius 1 is 0.636 bits per heavy atom. The van der Waals surface area contributed by atoms with Crippen LogP contribution in [0.25, 0.3) is 27.8 Å². The Kier molecular flexibility index (Phi) is 6.86. The maximum Gasteiger partial charge on any atom is -0.0143 e. The van der Waals surface area contributed by atoms with Gasteiger partial charge >= 0.3 is 0 Å². The Balaban J connectivity index is 1.81. The number of allylic oxidation sites excluding steroid dienone is 5. The second-order valence-electron chi connectivity index (χ2n) is 8.46. The molecule has 4 aromatic rings. The summed E-state index contributed by atoms with van der Waals surface area (Å²) in [5, 5.41) is 0. The third-order valence-electron chi connectivity index (χ3n) is 6.27. The summed E-state index contributed by atoms with van der Waals surface area (Å²) in [4.78, 5) is 0. The first-order valence-corrected chi connectivity index (χ1v) is 11.4. The molecule has 0 fully saturated rings. The summed E-state index contributed by atoms with van der Waals surface area (Å²) in [5.74, 6) is 0. The SMILES string of the molecule is C=C(/C=C(\C(C)=C(/C)c1ccccc1)c1ccccc1C)c1cccc(-c2ccccc2)c1. The number of benzene rings is 4. The molecule has 0 bridgehead atoms. The molecule has 0 N–H and O–H groups in total. The van der Waals surface area contributed by atoms with E-state index in [1.165, 1.54) is 44.5 Å². The van der Waals surface area contributed by atoms with Crippen LogP contribution in [0.1, 0.15) is 36.1 Å². The zero-order valence-corrected chi connectivity index (χ0v) is 19.7. The molecule has 0 aliphatic heterocycles. The molecule has 0 radical (unpaired) electrons. The maximum atomic E-state index is 4.47. The third kappa shape index (κ3) is 5.13. The Morgan fingerprint density at radius 2 is 1.21 bits per heavy atom. The van der Waals surface area contributed by atoms with E-state index in [1.54, 1.807) is 0 Å². The van der Waals surface area contributed by atoms with Gasteiger partial charge in [0.1, 0.15) is 0 Å². The van der Waals surface area contributed by atoms with Gasteiger partial charge in [0.15, 0.2) is 0 Å². The van der Waals surface area contributed by atoms with Gasteiger partial charge in [0.2, 0.25) is 0 Å². The van der Waals surface area contributed by atoms with Crippen molar-refractivity contribution in [3.05, 3.63) is 150 Å². The van der Waals surface area contributed by atoms with Crippen LogP contribution in [0.2, 0.25) is 0 Å². The monoisotopic (exact) mass is 426 g/mol. The number of aryl methyl sites for hydroxylation is 1. The van der Waals surface area contributed by atoms with Gasteiger partial charge in [-0.05, 0) is 88.6 Å². The maximum absolute atomic E-state index is 4.47. The summed E-state index contributed by atoms with van der Waals surface area (Å²) in [6, 6.07) is 38.3. The van der Waals surface area contributed by atoms with Crippen molar-refractivity contribution < 1.29 is 0 Å². The summed E-state index contributed by atoms with van der Waals surface area (Å²) in [5.41, 5.74) is 12.0. The van der Waals surface area contributed by atoms with E-state index in [9.17, 15) is 0 Å². The highest BCUT2D eigenvalue weighted by Gasteiger charge is 2.12. The molecule has 0 saturated heterocycles. The van der Waals surface area contributed by atoms with Crippen LogP contribution in [0.15, 0.2) is 127 Å². The summed E-state index contributed by atoms with van der Waals surface area (Å²) in [6.45, 7) is 11.1. The van der Waals surface area contributed by atoms with Crippen molar-refractivity contribution in [1.82, 2.24) is 0 Å². The average Bonchev–Trinajstić information content (AvgIpc) is 2.88. The van der Waals surface area contributed by atoms with Gasteiger partial charge in [-0.3, -0.25) is 0 Å². The highest BCUT2D eigenvalue weighted by Crippen LogP contribution is 2.34. The van der Waals surface area contributed by atoms with Crippen LogP contribution >= 0.6 is 0 Å². The largest absolute Gasteiger partial charge is 0.0911 e. The second kappa shape index (κ2) is 10.1. The quantitative estimate of drug-likeness (QED) is 0.269. The molecule has 0 aliphatic carbocycles. The second-order valence-corrected chi connectivity index (χ2v) is 8.46. The first-order chi connectivity index (χ1) is 16.0. The van der Waals surface area contributed by atoms with E-state index in [0.717, 1.165) is 11.1 Å². The molecule has 0 aliphatic rings. The van der Waals surface area contributed by atoms with Gasteiger partial charge in [-0.25, -0.2) is 0 Å².